The molecular formula is C21H12BrClO5S. The standard InChI is InChI=1S/C21H12BrClO5S/c22-18-4-2-1-3-13(18)11-20-21(24)17-10-7-15(12-19(17)27-20)28-29(25,26)16-8-5-14(23)6-9-16/h1-12H. The third-order valence-electron chi connectivity index (χ3n) is 4.14. The molecule has 0 spiro atoms. The van der Waals surface area contributed by atoms with E-state index >= 15 is 0 Å². The molecule has 29 heavy (non-hydrogen) atoms. The summed E-state index contributed by atoms with van der Waals surface area (Å²) >= 11 is 9.21. The molecule has 0 saturated carbocycles. The number of hydrogen-bond acceptors (Lipinski definition) is 5. The van der Waals surface area contributed by atoms with Crippen molar-refractivity contribution in [3.63, 3.8) is 0 Å². The van der Waals surface area contributed by atoms with Crippen LogP contribution in [0.4, 0.5) is 0 Å². The van der Waals surface area contributed by atoms with Crippen molar-refractivity contribution < 1.29 is 22.1 Å². The van der Waals surface area contributed by atoms with Gasteiger partial charge < -0.3 is 8.92 Å². The van der Waals surface area contributed by atoms with E-state index in [0.29, 0.717) is 10.6 Å². The molecule has 0 N–H and O–H groups in total. The summed E-state index contributed by atoms with van der Waals surface area (Å²) < 4.78 is 36.5. The predicted molar refractivity (Wildman–Crippen MR) is 113 cm³/mol. The fourth-order valence-electron chi connectivity index (χ4n) is 2.73. The minimum Gasteiger partial charge on any atom is -0.452 e. The first-order chi connectivity index (χ1) is 13.8. The first kappa shape index (κ1) is 19.7. The van der Waals surface area contributed by atoms with Gasteiger partial charge in [0.05, 0.1) is 5.56 Å². The SMILES string of the molecule is O=C1C(=Cc2ccccc2Br)Oc2cc(OS(=O)(=O)c3ccc(Cl)cc3)ccc21. The molecule has 5 nitrogen and oxygen atoms in total. The molecule has 0 fully saturated rings. The number of carbonyl (C=O) groups excluding carboxylic acids is 1. The van der Waals surface area contributed by atoms with Gasteiger partial charge in [0.15, 0.2) is 5.76 Å². The molecule has 3 aromatic carbocycles. The Balaban J connectivity index is 1.61. The Morgan fingerprint density at radius 1 is 1.00 bits per heavy atom. The molecule has 0 radical (unpaired) electrons. The Morgan fingerprint density at radius 3 is 2.45 bits per heavy atom. The molecule has 0 atom stereocenters. The number of Topliss-reactive ketones (excluding diaryl/α,β-unsaturated/α-hetero) is 1. The molecule has 0 bridgehead atoms. The summed E-state index contributed by atoms with van der Waals surface area (Å²) in [6.45, 7) is 0. The smallest absolute Gasteiger partial charge is 0.339 e. The molecule has 146 valence electrons. The lowest BCUT2D eigenvalue weighted by atomic mass is 10.1. The second-order valence-corrected chi connectivity index (χ2v) is 8.95. The summed E-state index contributed by atoms with van der Waals surface area (Å²) in [5.41, 5.74) is 1.12. The van der Waals surface area contributed by atoms with E-state index in [2.05, 4.69) is 15.9 Å². The molecule has 3 aromatic rings. The summed E-state index contributed by atoms with van der Waals surface area (Å²) in [5, 5.41) is 0.415. The molecule has 0 unspecified atom stereocenters. The Kier molecular flexibility index (Phi) is 5.21. The maximum absolute atomic E-state index is 12.6. The number of ketones is 1. The van der Waals surface area contributed by atoms with E-state index < -0.39 is 10.1 Å². The van der Waals surface area contributed by atoms with Crippen molar-refractivity contribution in [3.05, 3.63) is 93.1 Å². The van der Waals surface area contributed by atoms with Gasteiger partial charge in [-0.25, -0.2) is 0 Å². The number of rotatable bonds is 4. The van der Waals surface area contributed by atoms with Crippen LogP contribution in [0.15, 0.2) is 81.9 Å². The van der Waals surface area contributed by atoms with E-state index in [-0.39, 0.29) is 27.9 Å². The average Bonchev–Trinajstić information content (AvgIpc) is 2.98. The van der Waals surface area contributed by atoms with Crippen LogP contribution < -0.4 is 8.92 Å². The summed E-state index contributed by atoms with van der Waals surface area (Å²) in [6.07, 6.45) is 1.62. The van der Waals surface area contributed by atoms with Gasteiger partial charge in [-0.05, 0) is 54.1 Å². The van der Waals surface area contributed by atoms with Gasteiger partial charge in [0, 0.05) is 15.6 Å². The Labute approximate surface area is 180 Å². The van der Waals surface area contributed by atoms with E-state index in [1.165, 1.54) is 42.5 Å². The van der Waals surface area contributed by atoms with Crippen LogP contribution in [0.2, 0.25) is 5.02 Å². The van der Waals surface area contributed by atoms with Gasteiger partial charge in [-0.3, -0.25) is 4.79 Å². The number of benzene rings is 3. The number of fused-ring (bicyclic) bond motifs is 1. The maximum Gasteiger partial charge on any atom is 0.339 e. The molecule has 0 saturated heterocycles. The van der Waals surface area contributed by atoms with Crippen LogP contribution in [0.3, 0.4) is 0 Å². The van der Waals surface area contributed by atoms with E-state index in [1.807, 2.05) is 24.3 Å². The van der Waals surface area contributed by atoms with Crippen LogP contribution in [-0.4, -0.2) is 14.2 Å². The molecule has 1 aliphatic rings. The van der Waals surface area contributed by atoms with Gasteiger partial charge in [-0.1, -0.05) is 45.7 Å². The lowest BCUT2D eigenvalue weighted by molar-refractivity contribution is 0.101. The number of carbonyl (C=O) groups is 1. The molecular weight excluding hydrogens is 480 g/mol. The number of allylic oxidation sites excluding steroid dienone is 1. The average molecular weight is 492 g/mol. The zero-order valence-corrected chi connectivity index (χ0v) is 17.8. The highest BCUT2D eigenvalue weighted by Crippen LogP contribution is 2.36. The molecule has 1 aliphatic heterocycles. The fraction of sp³-hybridized carbons (Fsp3) is 0. The minimum atomic E-state index is -4.05. The Hall–Kier alpha value is -2.61. The van der Waals surface area contributed by atoms with Crippen LogP contribution in [0.5, 0.6) is 11.5 Å². The van der Waals surface area contributed by atoms with Gasteiger partial charge >= 0.3 is 10.1 Å². The highest BCUT2D eigenvalue weighted by atomic mass is 79.9. The first-order valence-electron chi connectivity index (χ1n) is 8.36. The maximum atomic E-state index is 12.6. The largest absolute Gasteiger partial charge is 0.452 e. The van der Waals surface area contributed by atoms with Gasteiger partial charge in [-0.2, -0.15) is 8.42 Å². The van der Waals surface area contributed by atoms with Crippen LogP contribution >= 0.6 is 27.5 Å². The van der Waals surface area contributed by atoms with Crippen molar-refractivity contribution >= 4 is 49.5 Å². The quantitative estimate of drug-likeness (QED) is 0.357. The zero-order valence-electron chi connectivity index (χ0n) is 14.6. The van der Waals surface area contributed by atoms with Gasteiger partial charge in [0.2, 0.25) is 5.78 Å². The molecule has 8 heteroatoms. The van der Waals surface area contributed by atoms with Crippen molar-refractivity contribution in [2.24, 2.45) is 0 Å². The highest BCUT2D eigenvalue weighted by Gasteiger charge is 2.28. The van der Waals surface area contributed by atoms with Crippen molar-refractivity contribution in [2.75, 3.05) is 0 Å². The third-order valence-corrected chi connectivity index (χ3v) is 6.38. The minimum absolute atomic E-state index is 0.0334. The van der Waals surface area contributed by atoms with Gasteiger partial charge in [0.1, 0.15) is 16.4 Å². The summed E-state index contributed by atoms with van der Waals surface area (Å²) in [4.78, 5) is 12.5. The number of hydrogen-bond donors (Lipinski definition) is 0. The fourth-order valence-corrected chi connectivity index (χ4v) is 4.18. The number of ether oxygens (including phenoxy) is 1. The summed E-state index contributed by atoms with van der Waals surface area (Å²) in [7, 11) is -4.05. The first-order valence-corrected chi connectivity index (χ1v) is 10.9. The van der Waals surface area contributed by atoms with Crippen molar-refractivity contribution in [2.45, 2.75) is 4.90 Å². The second kappa shape index (κ2) is 7.67. The van der Waals surface area contributed by atoms with Crippen LogP contribution in [0.25, 0.3) is 6.08 Å². The van der Waals surface area contributed by atoms with Crippen LogP contribution in [-0.2, 0) is 10.1 Å². The number of halogens is 2. The van der Waals surface area contributed by atoms with Crippen LogP contribution in [0, 0.1) is 0 Å². The predicted octanol–water partition coefficient (Wildman–Crippen LogP) is 5.49. The zero-order chi connectivity index (χ0) is 20.6. The van der Waals surface area contributed by atoms with E-state index in [4.69, 9.17) is 20.5 Å². The third kappa shape index (κ3) is 4.07. The highest BCUT2D eigenvalue weighted by molar-refractivity contribution is 9.10. The van der Waals surface area contributed by atoms with Crippen molar-refractivity contribution in [1.29, 1.82) is 0 Å². The van der Waals surface area contributed by atoms with E-state index in [1.54, 1.807) is 6.08 Å². The monoisotopic (exact) mass is 490 g/mol. The van der Waals surface area contributed by atoms with Gasteiger partial charge in [0.25, 0.3) is 0 Å². The van der Waals surface area contributed by atoms with Crippen LogP contribution in [0.1, 0.15) is 15.9 Å². The lowest BCUT2D eigenvalue weighted by Gasteiger charge is -2.08. The normalized spacial score (nSPS) is 14.6. The molecule has 0 amide bonds. The summed E-state index contributed by atoms with van der Waals surface area (Å²) in [5.74, 6) is 0.123. The van der Waals surface area contributed by atoms with Crippen molar-refractivity contribution in [1.82, 2.24) is 0 Å². The molecule has 1 heterocycles. The van der Waals surface area contributed by atoms with E-state index in [0.717, 1.165) is 10.0 Å². The molecule has 4 rings (SSSR count). The molecule has 0 aliphatic carbocycles. The second-order valence-electron chi connectivity index (χ2n) is 6.11. The summed E-state index contributed by atoms with van der Waals surface area (Å²) in [6, 6.07) is 17.3. The van der Waals surface area contributed by atoms with Crippen molar-refractivity contribution in [3.8, 4) is 11.5 Å². The van der Waals surface area contributed by atoms with Gasteiger partial charge in [-0.15, -0.1) is 0 Å². The topological polar surface area (TPSA) is 69.7 Å². The lowest BCUT2D eigenvalue weighted by Crippen LogP contribution is -2.09. The van der Waals surface area contributed by atoms with E-state index in [9.17, 15) is 13.2 Å². The molecule has 0 aromatic heterocycles. The Bertz CT molecular complexity index is 1250. The Morgan fingerprint density at radius 2 is 1.72 bits per heavy atom.